The molecule has 0 saturated carbocycles. The average Bonchev–Trinajstić information content (AvgIpc) is 3.12. The number of hydrogen-bond donors (Lipinski definition) is 0. The Kier molecular flexibility index (Phi) is 6.85. The first-order valence-corrected chi connectivity index (χ1v) is 11.7. The topological polar surface area (TPSA) is 70.2 Å². The first-order valence-electron chi connectivity index (χ1n) is 9.09. The number of halogens is 1. The summed E-state index contributed by atoms with van der Waals surface area (Å²) in [4.78, 5) is 18.0. The van der Waals surface area contributed by atoms with Gasteiger partial charge in [0.2, 0.25) is 10.0 Å². The van der Waals surface area contributed by atoms with Crippen LogP contribution in [0.15, 0.2) is 35.2 Å². The molecule has 0 spiro atoms. The maximum absolute atomic E-state index is 13.3. The van der Waals surface area contributed by atoms with Crippen molar-refractivity contribution in [2.24, 2.45) is 0 Å². The summed E-state index contributed by atoms with van der Waals surface area (Å²) in [7, 11) is 0.986. The molecule has 1 amide bonds. The van der Waals surface area contributed by atoms with Crippen LogP contribution in [-0.2, 0) is 21.3 Å². The first kappa shape index (κ1) is 22.0. The average molecular weight is 458 g/mol. The zero-order valence-corrected chi connectivity index (χ0v) is 19.0. The largest absolute Gasteiger partial charge is 0.378 e. The highest BCUT2D eigenvalue weighted by molar-refractivity contribution is 7.89. The van der Waals surface area contributed by atoms with Crippen LogP contribution in [0, 0.1) is 0 Å². The quantitative estimate of drug-likeness (QED) is 0.667. The highest BCUT2D eigenvalue weighted by atomic mass is 35.5. The normalized spacial score (nSPS) is 15.0. The van der Waals surface area contributed by atoms with Crippen LogP contribution in [0.3, 0.4) is 0 Å². The number of sulfonamides is 1. The summed E-state index contributed by atoms with van der Waals surface area (Å²) in [6.45, 7) is 2.81. The molecular weight excluding hydrogens is 434 g/mol. The fraction of sp³-hybridized carbons (Fsp3) is 0.421. The molecule has 1 aromatic heterocycles. The molecule has 2 aromatic rings. The van der Waals surface area contributed by atoms with Gasteiger partial charge >= 0.3 is 0 Å². The third-order valence-corrected chi connectivity index (χ3v) is 7.72. The second kappa shape index (κ2) is 9.01. The predicted molar refractivity (Wildman–Crippen MR) is 115 cm³/mol. The van der Waals surface area contributed by atoms with Crippen molar-refractivity contribution in [3.8, 4) is 0 Å². The van der Waals surface area contributed by atoms with Gasteiger partial charge in [-0.15, -0.1) is 11.3 Å². The van der Waals surface area contributed by atoms with Gasteiger partial charge in [0, 0.05) is 44.8 Å². The van der Waals surface area contributed by atoms with E-state index in [4.69, 9.17) is 16.3 Å². The summed E-state index contributed by atoms with van der Waals surface area (Å²) in [5.74, 6) is -0.244. The summed E-state index contributed by atoms with van der Waals surface area (Å²) < 4.78 is 32.4. The van der Waals surface area contributed by atoms with Gasteiger partial charge < -0.3 is 14.5 Å². The van der Waals surface area contributed by atoms with Crippen LogP contribution in [0.4, 0.5) is 5.69 Å². The summed E-state index contributed by atoms with van der Waals surface area (Å²) in [5.41, 5.74) is 1.08. The van der Waals surface area contributed by atoms with Crippen molar-refractivity contribution in [3.63, 3.8) is 0 Å². The molecule has 0 N–H and O–H groups in total. The van der Waals surface area contributed by atoms with Crippen LogP contribution >= 0.6 is 22.9 Å². The number of rotatable bonds is 6. The van der Waals surface area contributed by atoms with Crippen LogP contribution in [0.5, 0.6) is 0 Å². The monoisotopic (exact) mass is 457 g/mol. The minimum atomic E-state index is -3.66. The molecule has 0 radical (unpaired) electrons. The molecule has 10 heteroatoms. The predicted octanol–water partition coefficient (Wildman–Crippen LogP) is 2.76. The van der Waals surface area contributed by atoms with Crippen LogP contribution in [-0.4, -0.2) is 71.0 Å². The Bertz CT molecular complexity index is 985. The highest BCUT2D eigenvalue weighted by Crippen LogP contribution is 2.28. The smallest absolute Gasteiger partial charge is 0.256 e. The first-order chi connectivity index (χ1) is 13.7. The molecule has 0 atom stereocenters. The van der Waals surface area contributed by atoms with Crippen LogP contribution in [0.2, 0.25) is 4.34 Å². The fourth-order valence-electron chi connectivity index (χ4n) is 3.09. The number of hydrogen-bond acceptors (Lipinski definition) is 6. The van der Waals surface area contributed by atoms with Crippen molar-refractivity contribution < 1.29 is 17.9 Å². The van der Waals surface area contributed by atoms with Crippen molar-refractivity contribution in [1.82, 2.24) is 9.21 Å². The Hall–Kier alpha value is -1.65. The van der Waals surface area contributed by atoms with E-state index in [9.17, 15) is 13.2 Å². The molecule has 1 saturated heterocycles. The number of anilines is 1. The van der Waals surface area contributed by atoms with Crippen molar-refractivity contribution >= 4 is 44.6 Å². The lowest BCUT2D eigenvalue weighted by atomic mass is 10.1. The summed E-state index contributed by atoms with van der Waals surface area (Å²) in [6.07, 6.45) is 0. The number of amides is 1. The Morgan fingerprint density at radius 1 is 1.17 bits per heavy atom. The molecule has 0 unspecified atom stereocenters. The van der Waals surface area contributed by atoms with Crippen LogP contribution in [0.1, 0.15) is 15.2 Å². The minimum Gasteiger partial charge on any atom is -0.378 e. The Morgan fingerprint density at radius 3 is 2.45 bits per heavy atom. The minimum absolute atomic E-state index is 0.0930. The van der Waals surface area contributed by atoms with E-state index in [1.54, 1.807) is 30.1 Å². The molecule has 158 valence electrons. The van der Waals surface area contributed by atoms with E-state index >= 15 is 0 Å². The molecule has 2 heterocycles. The molecule has 1 aromatic carbocycles. The van der Waals surface area contributed by atoms with Crippen molar-refractivity contribution in [2.45, 2.75) is 11.4 Å². The highest BCUT2D eigenvalue weighted by Gasteiger charge is 2.26. The lowest BCUT2D eigenvalue weighted by molar-refractivity contribution is 0.0785. The number of thiophene rings is 1. The van der Waals surface area contributed by atoms with E-state index < -0.39 is 10.0 Å². The van der Waals surface area contributed by atoms with Gasteiger partial charge in [-0.1, -0.05) is 11.6 Å². The zero-order chi connectivity index (χ0) is 21.2. The second-order valence-corrected chi connectivity index (χ2v) is 10.9. The molecule has 7 nitrogen and oxygen atoms in total. The van der Waals surface area contributed by atoms with E-state index in [1.807, 2.05) is 6.07 Å². The Morgan fingerprint density at radius 2 is 1.86 bits per heavy atom. The number of morpholine rings is 1. The van der Waals surface area contributed by atoms with Gasteiger partial charge in [-0.25, -0.2) is 12.7 Å². The SMILES string of the molecule is CN(Cc1ccc(Cl)s1)C(=O)c1cc(S(=O)(=O)N(C)C)ccc1N1CCOCC1. The van der Waals surface area contributed by atoms with Gasteiger partial charge in [0.25, 0.3) is 5.91 Å². The van der Waals surface area contributed by atoms with Gasteiger partial charge in [-0.3, -0.25) is 4.79 Å². The van der Waals surface area contributed by atoms with Crippen LogP contribution in [0.25, 0.3) is 0 Å². The Balaban J connectivity index is 1.98. The third kappa shape index (κ3) is 4.92. The van der Waals surface area contributed by atoms with Gasteiger partial charge in [0.1, 0.15) is 0 Å². The molecule has 3 rings (SSSR count). The molecule has 1 fully saturated rings. The standard InChI is InChI=1S/C19H24ClN3O4S2/c1-21(2)29(25,26)15-5-6-17(23-8-10-27-11-9-23)16(12-15)19(24)22(3)13-14-4-7-18(20)28-14/h4-7,12H,8-11,13H2,1-3H3. The second-order valence-electron chi connectivity index (χ2n) is 6.93. The van der Waals surface area contributed by atoms with E-state index in [0.29, 0.717) is 48.4 Å². The van der Waals surface area contributed by atoms with E-state index in [0.717, 1.165) is 9.18 Å². The lowest BCUT2D eigenvalue weighted by Gasteiger charge is -2.31. The van der Waals surface area contributed by atoms with Gasteiger partial charge in [-0.2, -0.15) is 0 Å². The molecule has 29 heavy (non-hydrogen) atoms. The Labute approximate surface area is 180 Å². The van der Waals surface area contributed by atoms with Crippen molar-refractivity contribution in [2.75, 3.05) is 52.3 Å². The number of nitrogens with zero attached hydrogens (tertiary/aromatic N) is 3. The van der Waals surface area contributed by atoms with Gasteiger partial charge in [0.05, 0.1) is 34.6 Å². The van der Waals surface area contributed by atoms with Gasteiger partial charge in [-0.05, 0) is 30.3 Å². The number of benzene rings is 1. The van der Waals surface area contributed by atoms with Crippen molar-refractivity contribution in [1.29, 1.82) is 0 Å². The van der Waals surface area contributed by atoms with Crippen molar-refractivity contribution in [3.05, 3.63) is 45.1 Å². The van der Waals surface area contributed by atoms with E-state index in [2.05, 4.69) is 4.90 Å². The maximum atomic E-state index is 13.3. The molecule has 0 bridgehead atoms. The molecule has 1 aliphatic rings. The number of carbonyl (C=O) groups excluding carboxylic acids is 1. The summed E-state index contributed by atoms with van der Waals surface area (Å²) >= 11 is 7.41. The van der Waals surface area contributed by atoms with Crippen LogP contribution < -0.4 is 4.90 Å². The maximum Gasteiger partial charge on any atom is 0.256 e. The fourth-order valence-corrected chi connectivity index (χ4v) is 5.16. The molecule has 0 aliphatic carbocycles. The summed E-state index contributed by atoms with van der Waals surface area (Å²) in [5, 5.41) is 0. The number of carbonyl (C=O) groups is 1. The third-order valence-electron chi connectivity index (χ3n) is 4.70. The lowest BCUT2D eigenvalue weighted by Crippen LogP contribution is -2.38. The number of ether oxygens (including phenoxy) is 1. The van der Waals surface area contributed by atoms with E-state index in [-0.39, 0.29) is 10.8 Å². The van der Waals surface area contributed by atoms with Gasteiger partial charge in [0.15, 0.2) is 0 Å². The molecular formula is C19H24ClN3O4S2. The zero-order valence-electron chi connectivity index (χ0n) is 16.6. The molecule has 1 aliphatic heterocycles. The summed E-state index contributed by atoms with van der Waals surface area (Å²) in [6, 6.07) is 8.41. The van der Waals surface area contributed by atoms with E-state index in [1.165, 1.54) is 31.5 Å².